The molecular weight excluding hydrogens is 324 g/mol. The standard InChI is InChI=1S/C21H22N4O/c1-21(2,3)25-20(26)16-10-7-11-17(12-16)24-19-13-18(22-14-23-19)15-8-5-4-6-9-15/h4-14H,1-3H3,(H,25,26)(H,22,23,24). The smallest absolute Gasteiger partial charge is 0.251 e. The summed E-state index contributed by atoms with van der Waals surface area (Å²) in [5.74, 6) is 0.570. The van der Waals surface area contributed by atoms with Gasteiger partial charge in [0, 0.05) is 28.4 Å². The van der Waals surface area contributed by atoms with E-state index in [0.717, 1.165) is 16.9 Å². The number of benzene rings is 2. The molecule has 0 aliphatic rings. The molecule has 0 atom stereocenters. The largest absolute Gasteiger partial charge is 0.347 e. The highest BCUT2D eigenvalue weighted by Gasteiger charge is 2.15. The first-order valence-electron chi connectivity index (χ1n) is 8.48. The SMILES string of the molecule is CC(C)(C)NC(=O)c1cccc(Nc2cc(-c3ccccc3)ncn2)c1. The van der Waals surface area contributed by atoms with Crippen LogP contribution >= 0.6 is 0 Å². The van der Waals surface area contributed by atoms with Crippen LogP contribution in [0.2, 0.25) is 0 Å². The lowest BCUT2D eigenvalue weighted by Gasteiger charge is -2.20. The third-order valence-electron chi connectivity index (χ3n) is 3.62. The molecule has 1 aromatic heterocycles. The number of rotatable bonds is 4. The van der Waals surface area contributed by atoms with E-state index < -0.39 is 0 Å². The highest BCUT2D eigenvalue weighted by atomic mass is 16.1. The first kappa shape index (κ1) is 17.6. The molecule has 0 aliphatic heterocycles. The van der Waals surface area contributed by atoms with Crippen molar-refractivity contribution in [3.05, 3.63) is 72.6 Å². The molecule has 3 aromatic rings. The van der Waals surface area contributed by atoms with Gasteiger partial charge in [-0.25, -0.2) is 9.97 Å². The Morgan fingerprint density at radius 1 is 0.923 bits per heavy atom. The highest BCUT2D eigenvalue weighted by molar-refractivity contribution is 5.95. The zero-order valence-electron chi connectivity index (χ0n) is 15.2. The van der Waals surface area contributed by atoms with E-state index in [0.29, 0.717) is 11.4 Å². The Morgan fingerprint density at radius 2 is 1.69 bits per heavy atom. The topological polar surface area (TPSA) is 66.9 Å². The molecule has 1 amide bonds. The van der Waals surface area contributed by atoms with Gasteiger partial charge in [-0.3, -0.25) is 4.79 Å². The number of nitrogens with one attached hydrogen (secondary N) is 2. The Kier molecular flexibility index (Phi) is 4.98. The summed E-state index contributed by atoms with van der Waals surface area (Å²) in [6, 6.07) is 19.2. The van der Waals surface area contributed by atoms with Crippen molar-refractivity contribution < 1.29 is 4.79 Å². The van der Waals surface area contributed by atoms with Crippen LogP contribution in [0.25, 0.3) is 11.3 Å². The van der Waals surface area contributed by atoms with Crippen LogP contribution in [0.15, 0.2) is 67.0 Å². The number of carbonyl (C=O) groups is 1. The second kappa shape index (κ2) is 7.35. The number of carbonyl (C=O) groups excluding carboxylic acids is 1. The van der Waals surface area contributed by atoms with Crippen LogP contribution < -0.4 is 10.6 Å². The second-order valence-electron chi connectivity index (χ2n) is 7.06. The average molecular weight is 346 g/mol. The number of nitrogens with zero attached hydrogens (tertiary/aromatic N) is 2. The predicted molar refractivity (Wildman–Crippen MR) is 104 cm³/mol. The first-order valence-corrected chi connectivity index (χ1v) is 8.48. The van der Waals surface area contributed by atoms with Crippen molar-refractivity contribution in [1.29, 1.82) is 0 Å². The van der Waals surface area contributed by atoms with Crippen LogP contribution in [0.3, 0.4) is 0 Å². The van der Waals surface area contributed by atoms with Gasteiger partial charge in [-0.2, -0.15) is 0 Å². The number of hydrogen-bond donors (Lipinski definition) is 2. The minimum absolute atomic E-state index is 0.103. The number of anilines is 2. The van der Waals surface area contributed by atoms with Gasteiger partial charge in [-0.05, 0) is 39.0 Å². The van der Waals surface area contributed by atoms with E-state index in [4.69, 9.17) is 0 Å². The van der Waals surface area contributed by atoms with E-state index in [1.165, 1.54) is 6.33 Å². The van der Waals surface area contributed by atoms with E-state index in [1.54, 1.807) is 6.07 Å². The number of amides is 1. The summed E-state index contributed by atoms with van der Waals surface area (Å²) in [5, 5.41) is 6.21. The molecule has 3 rings (SSSR count). The van der Waals surface area contributed by atoms with Crippen LogP contribution in [-0.2, 0) is 0 Å². The van der Waals surface area contributed by atoms with E-state index in [-0.39, 0.29) is 11.4 Å². The first-order chi connectivity index (χ1) is 12.4. The fourth-order valence-corrected chi connectivity index (χ4v) is 2.49. The monoisotopic (exact) mass is 346 g/mol. The highest BCUT2D eigenvalue weighted by Crippen LogP contribution is 2.21. The van der Waals surface area contributed by atoms with Crippen LogP contribution in [0.4, 0.5) is 11.5 Å². The summed E-state index contributed by atoms with van der Waals surface area (Å²) in [4.78, 5) is 20.9. The van der Waals surface area contributed by atoms with Crippen molar-refractivity contribution in [1.82, 2.24) is 15.3 Å². The lowest BCUT2D eigenvalue weighted by Crippen LogP contribution is -2.40. The molecule has 2 aromatic carbocycles. The van der Waals surface area contributed by atoms with E-state index in [1.807, 2.05) is 75.4 Å². The molecule has 0 saturated carbocycles. The summed E-state index contributed by atoms with van der Waals surface area (Å²) in [7, 11) is 0. The van der Waals surface area contributed by atoms with Gasteiger partial charge < -0.3 is 10.6 Å². The van der Waals surface area contributed by atoms with E-state index >= 15 is 0 Å². The molecule has 0 unspecified atom stereocenters. The lowest BCUT2D eigenvalue weighted by atomic mass is 10.1. The van der Waals surface area contributed by atoms with Crippen molar-refractivity contribution in [3.63, 3.8) is 0 Å². The molecule has 0 saturated heterocycles. The summed E-state index contributed by atoms with van der Waals surface area (Å²) in [5.41, 5.74) is 2.98. The summed E-state index contributed by atoms with van der Waals surface area (Å²) in [6.07, 6.45) is 1.53. The van der Waals surface area contributed by atoms with Gasteiger partial charge in [0.1, 0.15) is 12.1 Å². The van der Waals surface area contributed by atoms with Gasteiger partial charge in [0.05, 0.1) is 5.69 Å². The second-order valence-corrected chi connectivity index (χ2v) is 7.06. The van der Waals surface area contributed by atoms with Gasteiger partial charge in [0.15, 0.2) is 0 Å². The van der Waals surface area contributed by atoms with E-state index in [2.05, 4.69) is 20.6 Å². The Balaban J connectivity index is 1.80. The normalized spacial score (nSPS) is 11.0. The van der Waals surface area contributed by atoms with Gasteiger partial charge in [0.2, 0.25) is 0 Å². The summed E-state index contributed by atoms with van der Waals surface area (Å²) < 4.78 is 0. The molecule has 0 aliphatic carbocycles. The van der Waals surface area contributed by atoms with Gasteiger partial charge in [0.25, 0.3) is 5.91 Å². The predicted octanol–water partition coefficient (Wildman–Crippen LogP) is 4.42. The summed E-state index contributed by atoms with van der Waals surface area (Å²) in [6.45, 7) is 5.87. The molecule has 0 spiro atoms. The quantitative estimate of drug-likeness (QED) is 0.734. The maximum absolute atomic E-state index is 12.3. The third kappa shape index (κ3) is 4.66. The van der Waals surface area contributed by atoms with Crippen molar-refractivity contribution in [2.75, 3.05) is 5.32 Å². The maximum atomic E-state index is 12.3. The molecule has 0 bridgehead atoms. The molecular formula is C21H22N4O. The molecule has 2 N–H and O–H groups in total. The summed E-state index contributed by atoms with van der Waals surface area (Å²) >= 11 is 0. The number of hydrogen-bond acceptors (Lipinski definition) is 4. The Labute approximate surface area is 153 Å². The molecule has 0 fully saturated rings. The molecule has 5 nitrogen and oxygen atoms in total. The lowest BCUT2D eigenvalue weighted by molar-refractivity contribution is 0.0919. The van der Waals surface area contributed by atoms with Crippen LogP contribution in [-0.4, -0.2) is 21.4 Å². The fourth-order valence-electron chi connectivity index (χ4n) is 2.49. The van der Waals surface area contributed by atoms with Crippen molar-refractivity contribution in [3.8, 4) is 11.3 Å². The van der Waals surface area contributed by atoms with Gasteiger partial charge in [-0.1, -0.05) is 36.4 Å². The van der Waals surface area contributed by atoms with E-state index in [9.17, 15) is 4.79 Å². The van der Waals surface area contributed by atoms with Gasteiger partial charge >= 0.3 is 0 Å². The number of aromatic nitrogens is 2. The zero-order valence-corrected chi connectivity index (χ0v) is 15.2. The Bertz CT molecular complexity index is 901. The zero-order chi connectivity index (χ0) is 18.6. The van der Waals surface area contributed by atoms with Crippen LogP contribution in [0.1, 0.15) is 31.1 Å². The van der Waals surface area contributed by atoms with Crippen molar-refractivity contribution in [2.45, 2.75) is 26.3 Å². The Morgan fingerprint density at radius 3 is 2.42 bits per heavy atom. The van der Waals surface area contributed by atoms with Crippen molar-refractivity contribution in [2.24, 2.45) is 0 Å². The molecule has 132 valence electrons. The minimum atomic E-state index is -0.280. The van der Waals surface area contributed by atoms with Crippen molar-refractivity contribution >= 4 is 17.4 Å². The third-order valence-corrected chi connectivity index (χ3v) is 3.62. The molecule has 1 heterocycles. The maximum Gasteiger partial charge on any atom is 0.251 e. The Hall–Kier alpha value is -3.21. The molecule has 26 heavy (non-hydrogen) atoms. The minimum Gasteiger partial charge on any atom is -0.347 e. The van der Waals surface area contributed by atoms with Gasteiger partial charge in [-0.15, -0.1) is 0 Å². The van der Waals surface area contributed by atoms with Crippen LogP contribution in [0, 0.1) is 0 Å². The molecule has 5 heteroatoms. The van der Waals surface area contributed by atoms with Crippen LogP contribution in [0.5, 0.6) is 0 Å². The average Bonchev–Trinajstić information content (AvgIpc) is 2.61. The fraction of sp³-hybridized carbons (Fsp3) is 0.190. The molecule has 0 radical (unpaired) electrons.